The van der Waals surface area contributed by atoms with Crippen LogP contribution in [-0.2, 0) is 6.42 Å². The number of rotatable bonds is 6. The first-order chi connectivity index (χ1) is 12.5. The van der Waals surface area contributed by atoms with E-state index < -0.39 is 6.04 Å². The number of anilines is 1. The fraction of sp³-hybridized carbons (Fsp3) is 0.263. The molecule has 0 aliphatic heterocycles. The molecule has 5 N–H and O–H groups in total. The lowest BCUT2D eigenvalue weighted by atomic mass is 10.0. The third-order valence-corrected chi connectivity index (χ3v) is 4.38. The van der Waals surface area contributed by atoms with Crippen LogP contribution in [0.25, 0.3) is 0 Å². The lowest BCUT2D eigenvalue weighted by Crippen LogP contribution is -2.14. The van der Waals surface area contributed by atoms with Crippen molar-refractivity contribution in [1.29, 1.82) is 0 Å². The van der Waals surface area contributed by atoms with Crippen LogP contribution in [0, 0.1) is 13.8 Å². The van der Waals surface area contributed by atoms with Crippen LogP contribution in [0.1, 0.15) is 51.3 Å². The summed E-state index contributed by atoms with van der Waals surface area (Å²) in [5.74, 6) is 0.984. The fourth-order valence-corrected chi connectivity index (χ4v) is 2.97. The predicted octanol–water partition coefficient (Wildman–Crippen LogP) is 2.26. The van der Waals surface area contributed by atoms with Crippen molar-refractivity contribution in [3.05, 3.63) is 70.4 Å². The van der Waals surface area contributed by atoms with Gasteiger partial charge >= 0.3 is 0 Å². The van der Waals surface area contributed by atoms with E-state index in [9.17, 15) is 4.79 Å². The Morgan fingerprint density at radius 2 is 1.92 bits per heavy atom. The van der Waals surface area contributed by atoms with Crippen molar-refractivity contribution in [2.24, 2.45) is 5.73 Å². The Labute approximate surface area is 151 Å². The number of Topliss-reactive ketones (excluding diaryl/α,β-unsaturated/α-hetero) is 1. The predicted molar refractivity (Wildman–Crippen MR) is 99.6 cm³/mol. The fourth-order valence-electron chi connectivity index (χ4n) is 2.97. The summed E-state index contributed by atoms with van der Waals surface area (Å²) in [6.07, 6.45) is 0.865. The van der Waals surface area contributed by atoms with E-state index >= 15 is 0 Å². The molecule has 0 fully saturated rings. The van der Waals surface area contributed by atoms with Crippen molar-refractivity contribution >= 4 is 11.6 Å². The number of nitrogen functional groups attached to an aromatic ring is 1. The molecule has 0 unspecified atom stereocenters. The number of nitrogens with two attached hydrogens (primary N) is 2. The summed E-state index contributed by atoms with van der Waals surface area (Å²) in [5.41, 5.74) is 15.7. The van der Waals surface area contributed by atoms with Gasteiger partial charge in [0.15, 0.2) is 0 Å². The summed E-state index contributed by atoms with van der Waals surface area (Å²) in [4.78, 5) is 21.0. The van der Waals surface area contributed by atoms with Crippen LogP contribution in [0.3, 0.4) is 0 Å². The van der Waals surface area contributed by atoms with Crippen molar-refractivity contribution in [2.45, 2.75) is 32.7 Å². The normalized spacial score (nSPS) is 12.1. The van der Waals surface area contributed by atoms with Crippen molar-refractivity contribution in [3.8, 4) is 0 Å². The highest BCUT2D eigenvalue weighted by Crippen LogP contribution is 2.18. The summed E-state index contributed by atoms with van der Waals surface area (Å²) in [6.45, 7) is 3.86. The number of carbonyl (C=O) groups excluding carboxylic acids is 1. The van der Waals surface area contributed by atoms with Gasteiger partial charge in [0, 0.05) is 12.1 Å². The first kappa shape index (κ1) is 17.8. The van der Waals surface area contributed by atoms with E-state index in [4.69, 9.17) is 11.5 Å². The second kappa shape index (κ2) is 7.45. The van der Waals surface area contributed by atoms with Crippen molar-refractivity contribution in [3.63, 3.8) is 0 Å². The van der Waals surface area contributed by atoms with E-state index in [1.807, 2.05) is 50.2 Å². The number of pyridine rings is 1. The molecule has 26 heavy (non-hydrogen) atoms. The highest BCUT2D eigenvalue weighted by Gasteiger charge is 2.18. The molecule has 0 bridgehead atoms. The standard InChI is InChI=1S/C19H22N6O/c1-11-10-16(20)22-12(2)14(11)8-9-15(26)18-23-19(25-24-18)17(21)13-6-4-3-5-7-13/h3-7,10,17H,8-9,21H2,1-2H3,(H2,20,22)(H,23,24,25)/t17-/m0/s1. The zero-order chi connectivity index (χ0) is 18.7. The molecular formula is C19H22N6O. The maximum Gasteiger partial charge on any atom is 0.217 e. The van der Waals surface area contributed by atoms with Gasteiger partial charge in [0.25, 0.3) is 0 Å². The molecule has 2 aromatic heterocycles. The summed E-state index contributed by atoms with van der Waals surface area (Å²) in [5, 5.41) is 6.81. The van der Waals surface area contributed by atoms with Crippen LogP contribution in [0.2, 0.25) is 0 Å². The molecule has 3 aromatic rings. The second-order valence-electron chi connectivity index (χ2n) is 6.28. The minimum Gasteiger partial charge on any atom is -0.384 e. The zero-order valence-corrected chi connectivity index (χ0v) is 14.9. The molecule has 7 nitrogen and oxygen atoms in total. The third-order valence-electron chi connectivity index (χ3n) is 4.38. The van der Waals surface area contributed by atoms with Crippen LogP contribution < -0.4 is 11.5 Å². The molecule has 0 radical (unpaired) electrons. The van der Waals surface area contributed by atoms with Gasteiger partial charge in [-0.2, -0.15) is 5.10 Å². The lowest BCUT2D eigenvalue weighted by Gasteiger charge is -2.09. The molecule has 134 valence electrons. The minimum absolute atomic E-state index is 0.136. The van der Waals surface area contributed by atoms with Crippen LogP contribution in [-0.4, -0.2) is 25.9 Å². The summed E-state index contributed by atoms with van der Waals surface area (Å²) in [6, 6.07) is 10.9. The van der Waals surface area contributed by atoms with E-state index in [1.54, 1.807) is 0 Å². The number of aryl methyl sites for hydroxylation is 2. The average molecular weight is 350 g/mol. The van der Waals surface area contributed by atoms with E-state index in [0.29, 0.717) is 24.5 Å². The molecular weight excluding hydrogens is 328 g/mol. The Morgan fingerprint density at radius 1 is 1.19 bits per heavy atom. The van der Waals surface area contributed by atoms with E-state index in [1.165, 1.54) is 0 Å². The summed E-state index contributed by atoms with van der Waals surface area (Å²) in [7, 11) is 0. The van der Waals surface area contributed by atoms with Gasteiger partial charge in [-0.1, -0.05) is 30.3 Å². The van der Waals surface area contributed by atoms with Gasteiger partial charge < -0.3 is 11.5 Å². The van der Waals surface area contributed by atoms with Crippen LogP contribution in [0.5, 0.6) is 0 Å². The maximum atomic E-state index is 12.4. The highest BCUT2D eigenvalue weighted by atomic mass is 16.1. The van der Waals surface area contributed by atoms with Crippen LogP contribution >= 0.6 is 0 Å². The third kappa shape index (κ3) is 3.78. The van der Waals surface area contributed by atoms with E-state index in [2.05, 4.69) is 20.2 Å². The van der Waals surface area contributed by atoms with Crippen molar-refractivity contribution in [1.82, 2.24) is 20.2 Å². The number of H-pyrrole nitrogens is 1. The number of nitrogens with one attached hydrogen (secondary N) is 1. The highest BCUT2D eigenvalue weighted by molar-refractivity contribution is 5.92. The molecule has 1 aromatic carbocycles. The maximum absolute atomic E-state index is 12.4. The van der Waals surface area contributed by atoms with Gasteiger partial charge in [0.1, 0.15) is 11.6 Å². The van der Waals surface area contributed by atoms with Gasteiger partial charge in [0.05, 0.1) is 6.04 Å². The molecule has 7 heteroatoms. The molecule has 0 amide bonds. The largest absolute Gasteiger partial charge is 0.384 e. The Hall–Kier alpha value is -3.06. The van der Waals surface area contributed by atoms with Gasteiger partial charge in [-0.15, -0.1) is 0 Å². The number of carbonyl (C=O) groups is 1. The monoisotopic (exact) mass is 350 g/mol. The lowest BCUT2D eigenvalue weighted by molar-refractivity contribution is 0.0973. The van der Waals surface area contributed by atoms with Crippen molar-refractivity contribution < 1.29 is 4.79 Å². The first-order valence-corrected chi connectivity index (χ1v) is 8.44. The topological polar surface area (TPSA) is 124 Å². The van der Waals surface area contributed by atoms with E-state index in [-0.39, 0.29) is 11.6 Å². The average Bonchev–Trinajstić information content (AvgIpc) is 3.11. The van der Waals surface area contributed by atoms with E-state index in [0.717, 1.165) is 22.4 Å². The molecule has 0 saturated carbocycles. The molecule has 3 rings (SSSR count). The summed E-state index contributed by atoms with van der Waals surface area (Å²) >= 11 is 0. The molecule has 0 aliphatic rings. The number of hydrogen-bond acceptors (Lipinski definition) is 6. The Kier molecular flexibility index (Phi) is 5.09. The van der Waals surface area contributed by atoms with Crippen molar-refractivity contribution in [2.75, 3.05) is 5.73 Å². The number of aromatic nitrogens is 4. The number of hydrogen-bond donors (Lipinski definition) is 3. The molecule has 0 spiro atoms. The van der Waals surface area contributed by atoms with Gasteiger partial charge in [-0.3, -0.25) is 9.89 Å². The van der Waals surface area contributed by atoms with Gasteiger partial charge in [-0.25, -0.2) is 9.97 Å². The number of aromatic amines is 1. The quantitative estimate of drug-likeness (QED) is 0.586. The Morgan fingerprint density at radius 3 is 2.62 bits per heavy atom. The van der Waals surface area contributed by atoms with Gasteiger partial charge in [0.2, 0.25) is 11.6 Å². The number of benzene rings is 1. The zero-order valence-electron chi connectivity index (χ0n) is 14.9. The Bertz CT molecular complexity index is 896. The molecule has 1 atom stereocenters. The van der Waals surface area contributed by atoms with Crippen LogP contribution in [0.4, 0.5) is 5.82 Å². The second-order valence-corrected chi connectivity index (χ2v) is 6.28. The van der Waals surface area contributed by atoms with Gasteiger partial charge in [-0.05, 0) is 43.0 Å². The smallest absolute Gasteiger partial charge is 0.217 e. The molecule has 0 aliphatic carbocycles. The number of nitrogens with zero attached hydrogens (tertiary/aromatic N) is 3. The minimum atomic E-state index is -0.448. The summed E-state index contributed by atoms with van der Waals surface area (Å²) < 4.78 is 0. The first-order valence-electron chi connectivity index (χ1n) is 8.44. The Balaban J connectivity index is 1.69. The number of ketones is 1. The van der Waals surface area contributed by atoms with Crippen LogP contribution in [0.15, 0.2) is 36.4 Å². The molecule has 0 saturated heterocycles. The molecule has 2 heterocycles. The SMILES string of the molecule is Cc1cc(N)nc(C)c1CCC(=O)c1n[nH]c([C@@H](N)c2ccccc2)n1.